The van der Waals surface area contributed by atoms with Crippen LogP contribution in [-0.2, 0) is 13.1 Å². The second-order valence-corrected chi connectivity index (χ2v) is 4.74. The minimum atomic E-state index is -0.455. The summed E-state index contributed by atoms with van der Waals surface area (Å²) in [5, 5.41) is 4.52. The largest absolute Gasteiger partial charge is 0.412 e. The second-order valence-electron chi connectivity index (χ2n) is 4.74. The van der Waals surface area contributed by atoms with Crippen LogP contribution >= 0.6 is 0 Å². The molecule has 0 unspecified atom stereocenters. The van der Waals surface area contributed by atoms with Gasteiger partial charge in [-0.05, 0) is 23.8 Å². The fourth-order valence-electron chi connectivity index (χ4n) is 2.33. The third-order valence-electron chi connectivity index (χ3n) is 3.31. The first-order chi connectivity index (χ1) is 10.3. The summed E-state index contributed by atoms with van der Waals surface area (Å²) >= 11 is 0. The molecule has 2 aromatic rings. The first kappa shape index (κ1) is 13.4. The molecule has 0 atom stereocenters. The van der Waals surface area contributed by atoms with Crippen LogP contribution in [0.25, 0.3) is 0 Å². The number of carbonyl (C=O) groups excluding carboxylic acids is 1. The summed E-state index contributed by atoms with van der Waals surface area (Å²) in [6, 6.07) is 9.56. The van der Waals surface area contributed by atoms with Crippen LogP contribution in [0.15, 0.2) is 42.7 Å². The smallest absolute Gasteiger partial charge is 0.410 e. The van der Waals surface area contributed by atoms with E-state index in [1.807, 2.05) is 30.3 Å². The van der Waals surface area contributed by atoms with Crippen molar-refractivity contribution in [1.82, 2.24) is 15.3 Å². The molecule has 0 spiro atoms. The maximum atomic E-state index is 11.4. The summed E-state index contributed by atoms with van der Waals surface area (Å²) in [5.41, 5.74) is 6.48. The van der Waals surface area contributed by atoms with Crippen LogP contribution in [0.3, 0.4) is 0 Å². The molecule has 108 valence electrons. The van der Waals surface area contributed by atoms with E-state index in [0.717, 1.165) is 23.4 Å². The molecule has 21 heavy (non-hydrogen) atoms. The first-order valence-electron chi connectivity index (χ1n) is 6.68. The van der Waals surface area contributed by atoms with Crippen molar-refractivity contribution >= 4 is 11.8 Å². The summed E-state index contributed by atoms with van der Waals surface area (Å²) in [6.45, 7) is 1.42. The molecule has 2 heterocycles. The highest BCUT2D eigenvalue weighted by Crippen LogP contribution is 2.31. The number of aromatic nitrogens is 1. The van der Waals surface area contributed by atoms with Crippen LogP contribution in [-0.4, -0.2) is 23.1 Å². The molecule has 0 saturated carbocycles. The molecular weight excluding hydrogens is 268 g/mol. The number of carbonyl (C=O) groups is 1. The van der Waals surface area contributed by atoms with Crippen molar-refractivity contribution in [2.45, 2.75) is 13.1 Å². The van der Waals surface area contributed by atoms with Gasteiger partial charge in [0.05, 0.1) is 5.69 Å². The zero-order valence-electron chi connectivity index (χ0n) is 11.7. The van der Waals surface area contributed by atoms with Crippen molar-refractivity contribution in [3.63, 3.8) is 0 Å². The van der Waals surface area contributed by atoms with Gasteiger partial charge in [0.1, 0.15) is 5.75 Å². The number of ether oxygens (including phenoxy) is 1. The first-order valence-corrected chi connectivity index (χ1v) is 6.68. The van der Waals surface area contributed by atoms with Gasteiger partial charge >= 0.3 is 6.09 Å². The number of pyridine rings is 1. The predicted molar refractivity (Wildman–Crippen MR) is 78.6 cm³/mol. The van der Waals surface area contributed by atoms with Crippen molar-refractivity contribution in [2.75, 3.05) is 12.5 Å². The average Bonchev–Trinajstić information content (AvgIpc) is 2.91. The van der Waals surface area contributed by atoms with E-state index in [4.69, 9.17) is 4.74 Å². The number of fused-ring (bicyclic) bond motifs is 1. The molecule has 0 fully saturated rings. The van der Waals surface area contributed by atoms with Gasteiger partial charge in [-0.15, -0.1) is 0 Å². The van der Waals surface area contributed by atoms with E-state index in [9.17, 15) is 4.79 Å². The Balaban J connectivity index is 1.75. The van der Waals surface area contributed by atoms with Crippen molar-refractivity contribution in [1.29, 1.82) is 0 Å². The van der Waals surface area contributed by atoms with Crippen molar-refractivity contribution in [3.05, 3.63) is 53.9 Å². The topological polar surface area (TPSA) is 66.5 Å². The Morgan fingerprint density at radius 3 is 2.81 bits per heavy atom. The molecule has 1 aliphatic rings. The predicted octanol–water partition coefficient (Wildman–Crippen LogP) is 2.14. The van der Waals surface area contributed by atoms with Crippen LogP contribution < -0.4 is 15.5 Å². The zero-order chi connectivity index (χ0) is 14.7. The van der Waals surface area contributed by atoms with Gasteiger partial charge in [0.2, 0.25) is 0 Å². The lowest BCUT2D eigenvalue weighted by atomic mass is 10.1. The van der Waals surface area contributed by atoms with Crippen molar-refractivity contribution in [2.24, 2.45) is 0 Å². The molecule has 6 heteroatoms. The Kier molecular flexibility index (Phi) is 3.70. The molecule has 3 rings (SSSR count). The van der Waals surface area contributed by atoms with E-state index < -0.39 is 6.09 Å². The molecule has 1 aliphatic heterocycles. The number of amides is 1. The maximum Gasteiger partial charge on any atom is 0.412 e. The standard InChI is InChI=1S/C15H16N4O2/c1-16-15(20)21-14-4-2-3-11-9-19(10-13(11)14)18-12-5-7-17-8-6-12/h2-8H,9-10H2,1H3,(H,16,20)(H,17,18). The summed E-state index contributed by atoms with van der Waals surface area (Å²) in [5.74, 6) is 0.603. The van der Waals surface area contributed by atoms with Crippen molar-refractivity contribution in [3.8, 4) is 5.75 Å². The van der Waals surface area contributed by atoms with E-state index in [1.54, 1.807) is 19.4 Å². The van der Waals surface area contributed by atoms with E-state index in [2.05, 4.69) is 20.7 Å². The number of benzene rings is 1. The van der Waals surface area contributed by atoms with Gasteiger partial charge in [-0.2, -0.15) is 0 Å². The minimum Gasteiger partial charge on any atom is -0.410 e. The maximum absolute atomic E-state index is 11.4. The van der Waals surface area contributed by atoms with Gasteiger partial charge < -0.3 is 15.5 Å². The number of rotatable bonds is 3. The van der Waals surface area contributed by atoms with Crippen LogP contribution in [0.5, 0.6) is 5.75 Å². The molecule has 0 bridgehead atoms. The molecule has 1 amide bonds. The van der Waals surface area contributed by atoms with Crippen LogP contribution in [0.4, 0.5) is 10.5 Å². The van der Waals surface area contributed by atoms with Crippen LogP contribution in [0.2, 0.25) is 0 Å². The molecule has 1 aromatic heterocycles. The lowest BCUT2D eigenvalue weighted by molar-refractivity contribution is 0.202. The lowest BCUT2D eigenvalue weighted by Crippen LogP contribution is -2.24. The molecule has 0 saturated heterocycles. The highest BCUT2D eigenvalue weighted by atomic mass is 16.6. The SMILES string of the molecule is CNC(=O)Oc1cccc2c1CN(Nc1ccncc1)C2. The lowest BCUT2D eigenvalue weighted by Gasteiger charge is -2.17. The Labute approximate surface area is 122 Å². The molecule has 1 aromatic carbocycles. The second kappa shape index (κ2) is 5.80. The highest BCUT2D eigenvalue weighted by Gasteiger charge is 2.23. The van der Waals surface area contributed by atoms with Gasteiger partial charge in [-0.1, -0.05) is 12.1 Å². The minimum absolute atomic E-state index is 0.455. The Morgan fingerprint density at radius 2 is 2.05 bits per heavy atom. The number of hydrazine groups is 1. The third kappa shape index (κ3) is 2.95. The normalized spacial score (nSPS) is 13.6. The molecule has 0 radical (unpaired) electrons. The van der Waals surface area contributed by atoms with E-state index >= 15 is 0 Å². The highest BCUT2D eigenvalue weighted by molar-refractivity contribution is 5.70. The fourth-order valence-corrected chi connectivity index (χ4v) is 2.33. The third-order valence-corrected chi connectivity index (χ3v) is 3.31. The van der Waals surface area contributed by atoms with Gasteiger partial charge in [-0.3, -0.25) is 4.98 Å². The van der Waals surface area contributed by atoms with Crippen LogP contribution in [0, 0.1) is 0 Å². The molecule has 0 aliphatic carbocycles. The monoisotopic (exact) mass is 284 g/mol. The Hall–Kier alpha value is -2.60. The summed E-state index contributed by atoms with van der Waals surface area (Å²) < 4.78 is 5.29. The van der Waals surface area contributed by atoms with E-state index in [1.165, 1.54) is 0 Å². The molecule has 2 N–H and O–H groups in total. The number of nitrogens with one attached hydrogen (secondary N) is 2. The number of hydrogen-bond acceptors (Lipinski definition) is 5. The summed E-state index contributed by atoms with van der Waals surface area (Å²) in [7, 11) is 1.54. The van der Waals surface area contributed by atoms with Gasteiger partial charge in [-0.25, -0.2) is 9.80 Å². The van der Waals surface area contributed by atoms with Crippen LogP contribution in [0.1, 0.15) is 11.1 Å². The van der Waals surface area contributed by atoms with Gasteiger partial charge in [0.15, 0.2) is 0 Å². The molecule has 6 nitrogen and oxygen atoms in total. The van der Waals surface area contributed by atoms with E-state index in [0.29, 0.717) is 12.3 Å². The number of anilines is 1. The molecular formula is C15H16N4O2. The average molecular weight is 284 g/mol. The zero-order valence-corrected chi connectivity index (χ0v) is 11.7. The van der Waals surface area contributed by atoms with Crippen molar-refractivity contribution < 1.29 is 9.53 Å². The fraction of sp³-hybridized carbons (Fsp3) is 0.200. The summed E-state index contributed by atoms with van der Waals surface area (Å²) in [6.07, 6.45) is 3.03. The Morgan fingerprint density at radius 1 is 1.24 bits per heavy atom. The quantitative estimate of drug-likeness (QED) is 0.904. The van der Waals surface area contributed by atoms with E-state index in [-0.39, 0.29) is 0 Å². The summed E-state index contributed by atoms with van der Waals surface area (Å²) in [4.78, 5) is 15.4. The van der Waals surface area contributed by atoms with Gasteiger partial charge in [0, 0.05) is 38.1 Å². The Bertz CT molecular complexity index is 645. The van der Waals surface area contributed by atoms with Gasteiger partial charge in [0.25, 0.3) is 0 Å². The number of nitrogens with zero attached hydrogens (tertiary/aromatic N) is 2. The number of hydrogen-bond donors (Lipinski definition) is 2.